The third-order valence-corrected chi connectivity index (χ3v) is 3.37. The van der Waals surface area contributed by atoms with Crippen molar-refractivity contribution in [1.29, 1.82) is 0 Å². The van der Waals surface area contributed by atoms with Gasteiger partial charge in [-0.05, 0) is 37.5 Å². The molecule has 5 heteroatoms. The third-order valence-electron chi connectivity index (χ3n) is 3.37. The van der Waals surface area contributed by atoms with E-state index in [1.807, 2.05) is 18.5 Å². The zero-order chi connectivity index (χ0) is 15.1. The fraction of sp³-hybridized carbons (Fsp3) is 0.438. The first-order valence-corrected chi connectivity index (χ1v) is 7.47. The van der Waals surface area contributed by atoms with Gasteiger partial charge in [0.05, 0.1) is 0 Å². The van der Waals surface area contributed by atoms with Gasteiger partial charge in [0.25, 0.3) is 0 Å². The molecule has 0 amide bonds. The van der Waals surface area contributed by atoms with Crippen LogP contribution in [-0.4, -0.2) is 21.5 Å². The van der Waals surface area contributed by atoms with Gasteiger partial charge in [0.15, 0.2) is 0 Å². The van der Waals surface area contributed by atoms with Gasteiger partial charge in [0.1, 0.15) is 18.0 Å². The van der Waals surface area contributed by atoms with Crippen LogP contribution in [0.3, 0.4) is 0 Å². The Morgan fingerprint density at radius 2 is 1.86 bits per heavy atom. The largest absolute Gasteiger partial charge is 0.370 e. The van der Waals surface area contributed by atoms with Crippen LogP contribution in [0.4, 0.5) is 11.6 Å². The summed E-state index contributed by atoms with van der Waals surface area (Å²) in [6, 6.07) is 2.04. The quantitative estimate of drug-likeness (QED) is 0.818. The van der Waals surface area contributed by atoms with Crippen LogP contribution < -0.4 is 10.6 Å². The molecule has 0 aliphatic rings. The van der Waals surface area contributed by atoms with E-state index in [1.54, 1.807) is 6.33 Å². The molecule has 5 nitrogen and oxygen atoms in total. The van der Waals surface area contributed by atoms with Crippen molar-refractivity contribution in [2.45, 2.75) is 40.2 Å². The molecule has 0 aliphatic heterocycles. The van der Waals surface area contributed by atoms with Crippen molar-refractivity contribution in [2.75, 3.05) is 17.2 Å². The molecule has 2 aromatic rings. The molecule has 2 aromatic heterocycles. The lowest BCUT2D eigenvalue weighted by molar-refractivity contribution is 0.894. The molecule has 0 bridgehead atoms. The lowest BCUT2D eigenvalue weighted by atomic mass is 10.1. The van der Waals surface area contributed by atoms with Crippen LogP contribution in [0.1, 0.15) is 37.0 Å². The van der Waals surface area contributed by atoms with Crippen LogP contribution in [0.25, 0.3) is 0 Å². The van der Waals surface area contributed by atoms with Gasteiger partial charge < -0.3 is 10.6 Å². The monoisotopic (exact) mass is 285 g/mol. The molecule has 21 heavy (non-hydrogen) atoms. The van der Waals surface area contributed by atoms with Gasteiger partial charge in [-0.2, -0.15) is 0 Å². The predicted molar refractivity (Wildman–Crippen MR) is 86.5 cm³/mol. The molecule has 0 saturated carbocycles. The Balaban J connectivity index is 2.19. The lowest BCUT2D eigenvalue weighted by Crippen LogP contribution is -2.10. The number of hydrogen-bond acceptors (Lipinski definition) is 5. The first kappa shape index (κ1) is 15.2. The highest BCUT2D eigenvalue weighted by molar-refractivity contribution is 5.57. The van der Waals surface area contributed by atoms with E-state index >= 15 is 0 Å². The lowest BCUT2D eigenvalue weighted by Gasteiger charge is -2.15. The summed E-state index contributed by atoms with van der Waals surface area (Å²) in [5.41, 5.74) is 3.58. The number of rotatable bonds is 7. The highest BCUT2D eigenvalue weighted by Gasteiger charge is 2.10. The van der Waals surface area contributed by atoms with Gasteiger partial charge in [-0.15, -0.1) is 0 Å². The second-order valence-corrected chi connectivity index (χ2v) is 4.99. The van der Waals surface area contributed by atoms with E-state index in [-0.39, 0.29) is 0 Å². The van der Waals surface area contributed by atoms with E-state index in [1.165, 1.54) is 11.1 Å². The molecule has 0 radical (unpaired) electrons. The van der Waals surface area contributed by atoms with E-state index < -0.39 is 0 Å². The maximum absolute atomic E-state index is 4.41. The second kappa shape index (κ2) is 7.57. The Morgan fingerprint density at radius 3 is 2.52 bits per heavy atom. The summed E-state index contributed by atoms with van der Waals surface area (Å²) in [6.07, 6.45) is 7.34. The first-order chi connectivity index (χ1) is 10.3. The molecule has 0 aliphatic carbocycles. The number of nitrogens with one attached hydrogen (secondary N) is 2. The molecule has 2 N–H and O–H groups in total. The van der Waals surface area contributed by atoms with Crippen LogP contribution in [0, 0.1) is 6.92 Å². The summed E-state index contributed by atoms with van der Waals surface area (Å²) >= 11 is 0. The van der Waals surface area contributed by atoms with Crippen LogP contribution in [0.15, 0.2) is 24.8 Å². The van der Waals surface area contributed by atoms with Crippen molar-refractivity contribution < 1.29 is 0 Å². The zero-order valence-corrected chi connectivity index (χ0v) is 13.0. The summed E-state index contributed by atoms with van der Waals surface area (Å²) in [6.45, 7) is 7.91. The van der Waals surface area contributed by atoms with Gasteiger partial charge >= 0.3 is 0 Å². The second-order valence-electron chi connectivity index (χ2n) is 4.99. The van der Waals surface area contributed by atoms with Crippen molar-refractivity contribution in [3.8, 4) is 0 Å². The normalized spacial score (nSPS) is 10.4. The molecule has 2 heterocycles. The number of nitrogens with zero attached hydrogens (tertiary/aromatic N) is 3. The fourth-order valence-corrected chi connectivity index (χ4v) is 2.25. The molecule has 0 atom stereocenters. The molecule has 2 rings (SSSR count). The van der Waals surface area contributed by atoms with Gasteiger partial charge in [-0.3, -0.25) is 4.98 Å². The van der Waals surface area contributed by atoms with Gasteiger partial charge in [0.2, 0.25) is 0 Å². The fourth-order valence-electron chi connectivity index (χ4n) is 2.25. The zero-order valence-electron chi connectivity index (χ0n) is 13.0. The maximum Gasteiger partial charge on any atom is 0.134 e. The average Bonchev–Trinajstić information content (AvgIpc) is 2.49. The minimum absolute atomic E-state index is 0.744. The van der Waals surface area contributed by atoms with Crippen molar-refractivity contribution in [1.82, 2.24) is 15.0 Å². The predicted octanol–water partition coefficient (Wildman–Crippen LogP) is 3.18. The minimum atomic E-state index is 0.744. The summed E-state index contributed by atoms with van der Waals surface area (Å²) in [5.74, 6) is 1.85. The number of hydrogen-bond donors (Lipinski definition) is 2. The summed E-state index contributed by atoms with van der Waals surface area (Å²) < 4.78 is 0. The summed E-state index contributed by atoms with van der Waals surface area (Å²) in [4.78, 5) is 12.9. The Morgan fingerprint density at radius 1 is 1.10 bits per heavy atom. The minimum Gasteiger partial charge on any atom is -0.370 e. The molecule has 0 aromatic carbocycles. The molecule has 0 fully saturated rings. The highest BCUT2D eigenvalue weighted by atomic mass is 15.1. The van der Waals surface area contributed by atoms with Crippen LogP contribution in [0.2, 0.25) is 0 Å². The topological polar surface area (TPSA) is 62.7 Å². The molecular weight excluding hydrogens is 262 g/mol. The van der Waals surface area contributed by atoms with E-state index in [0.717, 1.165) is 43.1 Å². The molecule has 112 valence electrons. The third kappa shape index (κ3) is 3.90. The molecule has 0 saturated heterocycles. The molecular formula is C16H23N5. The van der Waals surface area contributed by atoms with Crippen molar-refractivity contribution in [3.05, 3.63) is 41.5 Å². The van der Waals surface area contributed by atoms with Gasteiger partial charge in [-0.1, -0.05) is 13.3 Å². The van der Waals surface area contributed by atoms with Crippen molar-refractivity contribution in [2.24, 2.45) is 0 Å². The highest BCUT2D eigenvalue weighted by Crippen LogP contribution is 2.22. The summed E-state index contributed by atoms with van der Waals surface area (Å²) in [7, 11) is 0. The Hall–Kier alpha value is -2.17. The molecule has 0 spiro atoms. The van der Waals surface area contributed by atoms with Crippen molar-refractivity contribution in [3.63, 3.8) is 0 Å². The van der Waals surface area contributed by atoms with Crippen LogP contribution >= 0.6 is 0 Å². The maximum atomic E-state index is 4.41. The van der Waals surface area contributed by atoms with E-state index in [2.05, 4.69) is 46.4 Å². The number of pyridine rings is 1. The Bertz CT molecular complexity index is 583. The van der Waals surface area contributed by atoms with E-state index in [4.69, 9.17) is 0 Å². The summed E-state index contributed by atoms with van der Waals surface area (Å²) in [5, 5.41) is 6.74. The number of aryl methyl sites for hydroxylation is 1. The molecule has 0 unspecified atom stereocenters. The Labute approximate surface area is 126 Å². The standard InChI is InChI=1S/C16H23N5/c1-4-6-14-15(18-5-2)20-11-21-16(14)19-10-13-7-8-17-9-12(13)3/h7-9,11H,4-6,10H2,1-3H3,(H2,18,19,20,21). The van der Waals surface area contributed by atoms with Crippen molar-refractivity contribution >= 4 is 11.6 Å². The van der Waals surface area contributed by atoms with Crippen LogP contribution in [0.5, 0.6) is 0 Å². The van der Waals surface area contributed by atoms with E-state index in [0.29, 0.717) is 0 Å². The SMILES string of the molecule is CCCc1c(NCC)ncnc1NCc1ccncc1C. The van der Waals surface area contributed by atoms with E-state index in [9.17, 15) is 0 Å². The van der Waals surface area contributed by atoms with Crippen LogP contribution in [-0.2, 0) is 13.0 Å². The first-order valence-electron chi connectivity index (χ1n) is 7.47. The Kier molecular flexibility index (Phi) is 5.49. The average molecular weight is 285 g/mol. The number of aromatic nitrogens is 3. The smallest absolute Gasteiger partial charge is 0.134 e. The van der Waals surface area contributed by atoms with Gasteiger partial charge in [-0.25, -0.2) is 9.97 Å². The van der Waals surface area contributed by atoms with Gasteiger partial charge in [0, 0.05) is 31.0 Å². The number of anilines is 2.